The van der Waals surface area contributed by atoms with Crippen LogP contribution >= 0.6 is 7.82 Å². The van der Waals surface area contributed by atoms with Crippen LogP contribution in [0.25, 0.3) is 0 Å². The van der Waals surface area contributed by atoms with E-state index in [9.17, 15) is 19.0 Å². The molecule has 3 unspecified atom stereocenters. The maximum absolute atomic E-state index is 13.6. The average molecular weight is 1180 g/mol. The van der Waals surface area contributed by atoms with Gasteiger partial charge in [-0.05, 0) is 51.0 Å². The van der Waals surface area contributed by atoms with Crippen LogP contribution in [0, 0.1) is 0 Å². The molecule has 0 aromatic heterocycles. The number of hydrogen-bond acceptors (Lipinski definition) is 6. The van der Waals surface area contributed by atoms with Gasteiger partial charge < -0.3 is 19.4 Å². The van der Waals surface area contributed by atoms with E-state index in [4.69, 9.17) is 13.8 Å². The van der Waals surface area contributed by atoms with Gasteiger partial charge in [0.1, 0.15) is 19.3 Å². The van der Waals surface area contributed by atoms with Gasteiger partial charge in [-0.1, -0.05) is 337 Å². The highest BCUT2D eigenvalue weighted by Gasteiger charge is 2.30. The van der Waals surface area contributed by atoms with Crippen LogP contribution in [-0.4, -0.2) is 74.3 Å². The summed E-state index contributed by atoms with van der Waals surface area (Å²) in [5, 5.41) is 3.04. The molecule has 0 aliphatic rings. The lowest BCUT2D eigenvalue weighted by molar-refractivity contribution is -0.870. The van der Waals surface area contributed by atoms with Crippen LogP contribution in [-0.2, 0) is 27.9 Å². The first-order valence-electron chi connectivity index (χ1n) is 35.0. The van der Waals surface area contributed by atoms with Gasteiger partial charge in [-0.3, -0.25) is 18.6 Å². The van der Waals surface area contributed by atoms with Crippen LogP contribution in [0.15, 0.2) is 85.1 Å². The molecule has 3 atom stereocenters. The number of nitrogens with zero attached hydrogens (tertiary/aromatic N) is 1. The molecule has 482 valence electrons. The van der Waals surface area contributed by atoms with E-state index in [1.807, 2.05) is 94.1 Å². The second-order valence-electron chi connectivity index (χ2n) is 24.8. The van der Waals surface area contributed by atoms with Crippen molar-refractivity contribution in [2.24, 2.45) is 0 Å². The Morgan fingerprint density at radius 1 is 0.434 bits per heavy atom. The maximum Gasteiger partial charge on any atom is 0.472 e. The van der Waals surface area contributed by atoms with E-state index in [1.165, 1.54) is 212 Å². The molecule has 1 amide bonds. The molecule has 9 nitrogen and oxygen atoms in total. The molecule has 0 aromatic carbocycles. The van der Waals surface area contributed by atoms with Crippen LogP contribution in [0.4, 0.5) is 0 Å². The van der Waals surface area contributed by atoms with E-state index < -0.39 is 20.0 Å². The van der Waals surface area contributed by atoms with Crippen molar-refractivity contribution in [3.8, 4) is 0 Å². The second kappa shape index (κ2) is 62.2. The van der Waals surface area contributed by atoms with E-state index in [2.05, 4.69) is 38.2 Å². The van der Waals surface area contributed by atoms with Crippen LogP contribution in [0.3, 0.4) is 0 Å². The fourth-order valence-corrected chi connectivity index (χ4v) is 10.9. The van der Waals surface area contributed by atoms with Crippen molar-refractivity contribution in [2.75, 3.05) is 40.9 Å². The highest BCUT2D eigenvalue weighted by atomic mass is 31.2. The van der Waals surface area contributed by atoms with Crippen LogP contribution < -0.4 is 5.32 Å². The molecule has 0 aliphatic carbocycles. The van der Waals surface area contributed by atoms with Crippen LogP contribution in [0.1, 0.15) is 316 Å². The Morgan fingerprint density at radius 2 is 0.771 bits per heavy atom. The molecular formula is C73H134N2O7P+. The second-order valence-corrected chi connectivity index (χ2v) is 26.3. The molecule has 0 saturated heterocycles. The highest BCUT2D eigenvalue weighted by molar-refractivity contribution is 7.47. The number of carbonyl (C=O) groups is 2. The quantitative estimate of drug-likeness (QED) is 0.0156. The fourth-order valence-electron chi connectivity index (χ4n) is 10.2. The van der Waals surface area contributed by atoms with Gasteiger partial charge in [0.2, 0.25) is 5.91 Å². The lowest BCUT2D eigenvalue weighted by atomic mass is 10.0. The average Bonchev–Trinajstić information content (AvgIpc) is 3.46. The zero-order valence-electron chi connectivity index (χ0n) is 55.2. The van der Waals surface area contributed by atoms with E-state index >= 15 is 0 Å². The van der Waals surface area contributed by atoms with Crippen molar-refractivity contribution in [1.29, 1.82) is 0 Å². The lowest BCUT2D eigenvalue weighted by Gasteiger charge is -2.27. The smallest absolute Gasteiger partial charge is 0.456 e. The summed E-state index contributed by atoms with van der Waals surface area (Å²) in [6, 6.07) is -0.875. The Balaban J connectivity index is 5.09. The van der Waals surface area contributed by atoms with Crippen LogP contribution in [0.5, 0.6) is 0 Å². The number of rotatable bonds is 63. The fraction of sp³-hybridized carbons (Fsp3) is 0.781. The first-order valence-corrected chi connectivity index (χ1v) is 36.5. The molecule has 2 N–H and O–H groups in total. The number of ether oxygens (including phenoxy) is 1. The van der Waals surface area contributed by atoms with Crippen molar-refractivity contribution in [3.05, 3.63) is 85.1 Å². The summed E-state index contributed by atoms with van der Waals surface area (Å²) in [6.45, 7) is 6.87. The molecule has 83 heavy (non-hydrogen) atoms. The number of quaternary nitrogens is 1. The predicted octanol–water partition coefficient (Wildman–Crippen LogP) is 22.1. The minimum absolute atomic E-state index is 0.0288. The Kier molecular flexibility index (Phi) is 60.1. The monoisotopic (exact) mass is 1180 g/mol. The highest BCUT2D eigenvalue weighted by Crippen LogP contribution is 2.43. The van der Waals surface area contributed by atoms with Gasteiger partial charge >= 0.3 is 13.8 Å². The van der Waals surface area contributed by atoms with Crippen molar-refractivity contribution in [2.45, 2.75) is 328 Å². The number of amides is 1. The topological polar surface area (TPSA) is 111 Å². The predicted molar refractivity (Wildman–Crippen MR) is 360 cm³/mol. The molecule has 0 bridgehead atoms. The van der Waals surface area contributed by atoms with Gasteiger partial charge in [0.15, 0.2) is 0 Å². The Morgan fingerprint density at radius 3 is 1.17 bits per heavy atom. The first kappa shape index (κ1) is 80.2. The Hall–Kier alpha value is -2.81. The molecule has 0 radical (unpaired) electrons. The van der Waals surface area contributed by atoms with Gasteiger partial charge in [-0.2, -0.15) is 0 Å². The summed E-state index contributed by atoms with van der Waals surface area (Å²) in [7, 11) is 1.46. The summed E-state index contributed by atoms with van der Waals surface area (Å²) in [4.78, 5) is 37.8. The first-order chi connectivity index (χ1) is 40.4. The summed E-state index contributed by atoms with van der Waals surface area (Å²) in [5.41, 5.74) is 0. The molecule has 0 aliphatic heterocycles. The van der Waals surface area contributed by atoms with E-state index in [0.29, 0.717) is 17.4 Å². The summed E-state index contributed by atoms with van der Waals surface area (Å²) < 4.78 is 30.8. The normalized spacial score (nSPS) is 14.1. The largest absolute Gasteiger partial charge is 0.472 e. The zero-order valence-corrected chi connectivity index (χ0v) is 56.1. The lowest BCUT2D eigenvalue weighted by Crippen LogP contribution is -2.47. The number of carbonyl (C=O) groups excluding carboxylic acids is 2. The van der Waals surface area contributed by atoms with Crippen molar-refractivity contribution in [3.63, 3.8) is 0 Å². The third-order valence-electron chi connectivity index (χ3n) is 15.5. The third kappa shape index (κ3) is 63.5. The third-order valence-corrected chi connectivity index (χ3v) is 16.5. The van der Waals surface area contributed by atoms with Gasteiger partial charge in [0.25, 0.3) is 0 Å². The minimum atomic E-state index is -4.47. The molecule has 0 saturated carbocycles. The number of likely N-dealkylation sites (N-methyl/N-ethyl adjacent to an activating group) is 1. The minimum Gasteiger partial charge on any atom is -0.456 e. The molecule has 0 spiro atoms. The van der Waals surface area contributed by atoms with Crippen molar-refractivity contribution >= 4 is 19.7 Å². The molecule has 0 aromatic rings. The van der Waals surface area contributed by atoms with Gasteiger partial charge in [-0.15, -0.1) is 0 Å². The standard InChI is InChI=1S/C73H133N2O7P/c1-7-10-13-16-19-22-25-28-30-32-33-34-35-36-37-38-39-40-41-43-45-48-51-54-57-60-63-66-73(77)82-71(64-61-58-55-52-49-46-27-24-21-18-15-12-9-3)70(69-81-83(78,79)80-68-67-75(4,5)6)74-72(76)65-62-59-56-53-50-47-44-42-31-29-26-23-20-17-14-11-8-2/h11,14,17,20,23,26,29,31,42,44,47,50,61,64,70-71H,7-10,12-13,15-16,18-19,21-22,24-25,27-28,30,32-41,43,45-46,48-49,51-60,62-63,65-69H2,1-6H3,(H-,74,76,78,79)/p+1/b14-11-,20-17+,26-23+,31-29-,44-42+,50-47+,64-61-. The molecule has 0 fully saturated rings. The summed E-state index contributed by atoms with van der Waals surface area (Å²) >= 11 is 0. The molecule has 10 heteroatoms. The summed E-state index contributed by atoms with van der Waals surface area (Å²) in [5.74, 6) is -0.547. The van der Waals surface area contributed by atoms with Gasteiger partial charge in [0, 0.05) is 12.8 Å². The molecule has 0 heterocycles. The molecular weight excluding hydrogens is 1050 g/mol. The number of phosphoric acid groups is 1. The van der Waals surface area contributed by atoms with Gasteiger partial charge in [0.05, 0.1) is 33.8 Å². The SMILES string of the molecule is CC\C=C/C=C/C=C/C=C\C=C\C=C\CCCCCC(=O)NC(COP(=O)(O)OCC[N+](C)(C)C)C(/C=C\CCCCCCCCCCCCC)OC(=O)CCCCCCCCCCCCCCCCCCCCCCCCCCCCC. The van der Waals surface area contributed by atoms with Crippen molar-refractivity contribution in [1.82, 2.24) is 5.32 Å². The van der Waals surface area contributed by atoms with E-state index in [1.54, 1.807) is 0 Å². The number of unbranched alkanes of at least 4 members (excludes halogenated alkanes) is 40. The van der Waals surface area contributed by atoms with Crippen LogP contribution in [0.2, 0.25) is 0 Å². The van der Waals surface area contributed by atoms with E-state index in [-0.39, 0.29) is 37.9 Å². The number of phosphoric ester groups is 1. The number of allylic oxidation sites excluding steroid dienone is 13. The Bertz CT molecular complexity index is 1700. The van der Waals surface area contributed by atoms with E-state index in [0.717, 1.165) is 64.2 Å². The number of nitrogens with one attached hydrogen (secondary N) is 1. The Labute approximate surface area is 514 Å². The van der Waals surface area contributed by atoms with Gasteiger partial charge in [-0.25, -0.2) is 4.57 Å². The number of esters is 1. The molecule has 0 rings (SSSR count). The van der Waals surface area contributed by atoms with Crippen molar-refractivity contribution < 1.29 is 37.3 Å². The zero-order chi connectivity index (χ0) is 60.7. The number of hydrogen-bond donors (Lipinski definition) is 2. The maximum atomic E-state index is 13.6. The summed E-state index contributed by atoms with van der Waals surface area (Å²) in [6.07, 6.45) is 83.3.